The maximum absolute atomic E-state index is 6.12. The molecular weight excluding hydrogens is 84.1 g/mol. The molecule has 0 aliphatic rings. The largest absolute Gasteiger partial charge is 0.197 e. The van der Waals surface area contributed by atoms with Gasteiger partial charge in [0.2, 0.25) is 0 Å². The van der Waals surface area contributed by atoms with Gasteiger partial charge in [0.25, 0.3) is 0 Å². The molecule has 0 bridgehead atoms. The molecule has 0 aromatic rings. The molecule has 0 fully saturated rings. The van der Waals surface area contributed by atoms with Gasteiger partial charge >= 0.3 is 0 Å². The molecule has 0 aromatic carbocycles. The van der Waals surface area contributed by atoms with E-state index in [0.717, 1.165) is 11.9 Å². The fraction of sp³-hybridized carbons (Fsp3) is 0. The Morgan fingerprint density at radius 3 is 2.60 bits per heavy atom. The van der Waals surface area contributed by atoms with Crippen LogP contribution in [0.25, 0.3) is 0 Å². The third kappa shape index (κ3) is 3.69. The predicted octanol–water partition coefficient (Wildman–Crippen LogP) is 1.81. The van der Waals surface area contributed by atoms with Crippen LogP contribution in [0.2, 0.25) is 0 Å². The summed E-state index contributed by atoms with van der Waals surface area (Å²) in [5.74, 6) is 0. The van der Waals surface area contributed by atoms with Crippen LogP contribution in [-0.2, 0) is 0 Å². The minimum atomic E-state index is 1.02. The van der Waals surface area contributed by atoms with Gasteiger partial charge in [-0.25, -0.2) is 0 Å². The number of nitrogens with zero attached hydrogens (tertiary/aromatic N) is 1. The summed E-state index contributed by atoms with van der Waals surface area (Å²) in [4.78, 5) is 0. The Balaban J connectivity index is 2.65. The van der Waals surface area contributed by atoms with Crippen molar-refractivity contribution in [2.45, 2.75) is 0 Å². The zero-order valence-corrected chi connectivity index (χ0v) is 3.46. The van der Waals surface area contributed by atoms with Crippen LogP contribution in [0.3, 0.4) is 0 Å². The third-order valence-electron chi connectivity index (χ3n) is 0.127. The van der Waals surface area contributed by atoms with Crippen molar-refractivity contribution < 1.29 is 0 Å². The normalized spacial score (nSPS) is 6.40. The minimum absolute atomic E-state index is 1.02. The van der Waals surface area contributed by atoms with E-state index in [1.165, 1.54) is 5.41 Å². The fourth-order valence-electron chi connectivity index (χ4n) is 0.0373. The van der Waals surface area contributed by atoms with Crippen molar-refractivity contribution in [1.29, 1.82) is 5.53 Å². The summed E-state index contributed by atoms with van der Waals surface area (Å²) in [6, 6.07) is 0. The minimum Gasteiger partial charge on any atom is -0.197 e. The van der Waals surface area contributed by atoms with Crippen molar-refractivity contribution in [3.63, 3.8) is 0 Å². The molecule has 0 aliphatic heterocycles. The average Bonchev–Trinajstić information content (AvgIpc) is 1.41. The van der Waals surface area contributed by atoms with Crippen molar-refractivity contribution in [3.05, 3.63) is 12.0 Å². The van der Waals surface area contributed by atoms with Crippen LogP contribution in [0.15, 0.2) is 16.5 Å². The summed E-state index contributed by atoms with van der Waals surface area (Å²) in [5.41, 5.74) is 6.12. The Labute approximate surface area is 34.9 Å². The SMILES string of the molecule is C=CSN=N. The first-order chi connectivity index (χ1) is 2.41. The average molecular weight is 88.1 g/mol. The van der Waals surface area contributed by atoms with Gasteiger partial charge < -0.3 is 0 Å². The van der Waals surface area contributed by atoms with Crippen LogP contribution in [0.4, 0.5) is 0 Å². The lowest BCUT2D eigenvalue weighted by Gasteiger charge is -1.62. The lowest BCUT2D eigenvalue weighted by Crippen LogP contribution is -1.25. The standard InChI is InChI=1S/C2H4N2S/c1-2-5-4-3/h2-3H,1H2. The second-order valence-corrected chi connectivity index (χ2v) is 1.09. The molecule has 0 aliphatic carbocycles. The van der Waals surface area contributed by atoms with Gasteiger partial charge in [-0.1, -0.05) is 6.58 Å². The van der Waals surface area contributed by atoms with Gasteiger partial charge in [0.05, 0.1) is 0 Å². The second-order valence-electron chi connectivity index (χ2n) is 0.363. The van der Waals surface area contributed by atoms with E-state index in [9.17, 15) is 0 Å². The highest BCUT2D eigenvalue weighted by atomic mass is 32.2. The van der Waals surface area contributed by atoms with E-state index in [4.69, 9.17) is 5.53 Å². The lowest BCUT2D eigenvalue weighted by molar-refractivity contribution is 1.26. The number of nitrogens with one attached hydrogen (secondary N) is 1. The maximum atomic E-state index is 6.12. The summed E-state index contributed by atoms with van der Waals surface area (Å²) in [6.45, 7) is 3.30. The molecule has 0 atom stereocenters. The highest BCUT2D eigenvalue weighted by molar-refractivity contribution is 8.00. The molecule has 3 heteroatoms. The molecule has 0 rings (SSSR count). The summed E-state index contributed by atoms with van der Waals surface area (Å²) in [5, 5.41) is 1.49. The summed E-state index contributed by atoms with van der Waals surface area (Å²) < 4.78 is 2.90. The Bertz CT molecular complexity index is 36.9. The highest BCUT2D eigenvalue weighted by Crippen LogP contribution is 1.96. The van der Waals surface area contributed by atoms with Crippen molar-refractivity contribution in [2.75, 3.05) is 0 Å². The molecule has 0 aromatic heterocycles. The molecule has 5 heavy (non-hydrogen) atoms. The zero-order valence-electron chi connectivity index (χ0n) is 2.64. The first kappa shape index (κ1) is 4.69. The third-order valence-corrected chi connectivity index (χ3v) is 0.382. The van der Waals surface area contributed by atoms with Crippen molar-refractivity contribution in [2.24, 2.45) is 4.52 Å². The van der Waals surface area contributed by atoms with Crippen LogP contribution >= 0.6 is 11.9 Å². The highest BCUT2D eigenvalue weighted by Gasteiger charge is 1.55. The van der Waals surface area contributed by atoms with Crippen molar-refractivity contribution in [1.82, 2.24) is 0 Å². The van der Waals surface area contributed by atoms with Crippen molar-refractivity contribution in [3.8, 4) is 0 Å². The van der Waals surface area contributed by atoms with Crippen LogP contribution in [0.5, 0.6) is 0 Å². The van der Waals surface area contributed by atoms with E-state index in [1.54, 1.807) is 0 Å². The predicted molar refractivity (Wildman–Crippen MR) is 22.9 cm³/mol. The van der Waals surface area contributed by atoms with Gasteiger partial charge in [-0.15, -0.1) is 4.52 Å². The van der Waals surface area contributed by atoms with Crippen LogP contribution in [0.1, 0.15) is 0 Å². The Hall–Kier alpha value is -0.310. The summed E-state index contributed by atoms with van der Waals surface area (Å²) >= 11 is 1.02. The van der Waals surface area contributed by atoms with E-state index >= 15 is 0 Å². The molecule has 28 valence electrons. The molecule has 1 N–H and O–H groups in total. The van der Waals surface area contributed by atoms with Gasteiger partial charge in [0, 0.05) is 11.9 Å². The summed E-state index contributed by atoms with van der Waals surface area (Å²) in [6.07, 6.45) is 0. The van der Waals surface area contributed by atoms with E-state index in [0.29, 0.717) is 0 Å². The van der Waals surface area contributed by atoms with Gasteiger partial charge in [-0.05, 0) is 5.41 Å². The monoisotopic (exact) mass is 88.0 g/mol. The van der Waals surface area contributed by atoms with Crippen molar-refractivity contribution >= 4 is 11.9 Å². The molecule has 0 radical (unpaired) electrons. The second kappa shape index (κ2) is 3.69. The maximum Gasteiger partial charge on any atom is 0.0249 e. The Morgan fingerprint density at radius 2 is 2.60 bits per heavy atom. The van der Waals surface area contributed by atoms with Gasteiger partial charge in [0.15, 0.2) is 0 Å². The molecule has 0 unspecified atom stereocenters. The van der Waals surface area contributed by atoms with Gasteiger partial charge in [-0.2, -0.15) is 5.53 Å². The quantitative estimate of drug-likeness (QED) is 0.405. The lowest BCUT2D eigenvalue weighted by atomic mass is 11.3. The van der Waals surface area contributed by atoms with Crippen LogP contribution < -0.4 is 0 Å². The van der Waals surface area contributed by atoms with Gasteiger partial charge in [0.1, 0.15) is 0 Å². The van der Waals surface area contributed by atoms with Crippen LogP contribution in [0, 0.1) is 5.53 Å². The first-order valence-corrected chi connectivity index (χ1v) is 1.89. The van der Waals surface area contributed by atoms with E-state index < -0.39 is 0 Å². The van der Waals surface area contributed by atoms with E-state index in [2.05, 4.69) is 11.1 Å². The molecule has 0 spiro atoms. The molecule has 0 saturated carbocycles. The number of rotatable bonds is 2. The fourth-order valence-corrected chi connectivity index (χ4v) is 0.112. The topological polar surface area (TPSA) is 36.2 Å². The Kier molecular flexibility index (Phi) is 3.46. The molecule has 0 heterocycles. The first-order valence-electron chi connectivity index (χ1n) is 1.05. The zero-order chi connectivity index (χ0) is 4.12. The van der Waals surface area contributed by atoms with E-state index in [1.807, 2.05) is 0 Å². The molecule has 2 nitrogen and oxygen atoms in total. The van der Waals surface area contributed by atoms with E-state index in [-0.39, 0.29) is 0 Å². The number of hydrogen-bond donors (Lipinski definition) is 1. The smallest absolute Gasteiger partial charge is 0.0249 e. The number of hydrogen-bond acceptors (Lipinski definition) is 3. The summed E-state index contributed by atoms with van der Waals surface area (Å²) in [7, 11) is 0. The molecule has 0 amide bonds. The van der Waals surface area contributed by atoms with Crippen LogP contribution in [-0.4, -0.2) is 0 Å². The molecule has 0 saturated heterocycles. The Morgan fingerprint density at radius 1 is 2.00 bits per heavy atom. The molecular formula is C2H4N2S. The van der Waals surface area contributed by atoms with Gasteiger partial charge in [-0.3, -0.25) is 0 Å².